The molecule has 0 amide bonds. The standard InChI is InChI=1S/C12H16N2.C2H6/c1-4-10-8-14(9(2)3)12-5-6-13-7-11(10)12;1-2/h5-9H,4H2,1-3H3;1-2H3. The third-order valence-electron chi connectivity index (χ3n) is 2.65. The van der Waals surface area contributed by atoms with E-state index in [0.29, 0.717) is 6.04 Å². The monoisotopic (exact) mass is 218 g/mol. The summed E-state index contributed by atoms with van der Waals surface area (Å²) >= 11 is 0. The van der Waals surface area contributed by atoms with E-state index in [9.17, 15) is 0 Å². The Hall–Kier alpha value is -1.31. The lowest BCUT2D eigenvalue weighted by atomic mass is 10.2. The van der Waals surface area contributed by atoms with Crippen molar-refractivity contribution in [3.05, 3.63) is 30.2 Å². The molecule has 2 aromatic heterocycles. The number of hydrogen-bond donors (Lipinski definition) is 0. The van der Waals surface area contributed by atoms with Gasteiger partial charge in [-0.2, -0.15) is 0 Å². The third-order valence-corrected chi connectivity index (χ3v) is 2.65. The van der Waals surface area contributed by atoms with Crippen LogP contribution in [0.15, 0.2) is 24.7 Å². The molecule has 0 fully saturated rings. The van der Waals surface area contributed by atoms with Crippen molar-refractivity contribution in [2.24, 2.45) is 0 Å². The topological polar surface area (TPSA) is 17.8 Å². The minimum atomic E-state index is 0.514. The number of pyridine rings is 1. The largest absolute Gasteiger partial charge is 0.345 e. The summed E-state index contributed by atoms with van der Waals surface area (Å²) in [7, 11) is 0. The molecule has 0 spiro atoms. The molecule has 0 saturated carbocycles. The lowest BCUT2D eigenvalue weighted by Crippen LogP contribution is -1.97. The Balaban J connectivity index is 0.000000606. The maximum absolute atomic E-state index is 4.18. The number of aromatic nitrogens is 2. The zero-order valence-corrected chi connectivity index (χ0v) is 11.0. The van der Waals surface area contributed by atoms with Crippen LogP contribution in [0.1, 0.15) is 46.2 Å². The minimum Gasteiger partial charge on any atom is -0.345 e. The Labute approximate surface area is 98.3 Å². The Morgan fingerprint density at radius 2 is 2.00 bits per heavy atom. The molecule has 0 bridgehead atoms. The van der Waals surface area contributed by atoms with E-state index in [1.165, 1.54) is 16.5 Å². The van der Waals surface area contributed by atoms with Crippen molar-refractivity contribution in [1.29, 1.82) is 0 Å². The summed E-state index contributed by atoms with van der Waals surface area (Å²) in [5.74, 6) is 0. The summed E-state index contributed by atoms with van der Waals surface area (Å²) in [5, 5.41) is 1.30. The molecule has 0 saturated heterocycles. The highest BCUT2D eigenvalue weighted by Crippen LogP contribution is 2.23. The van der Waals surface area contributed by atoms with Gasteiger partial charge in [0.2, 0.25) is 0 Å². The molecule has 2 aromatic rings. The molecule has 2 nitrogen and oxygen atoms in total. The van der Waals surface area contributed by atoms with Gasteiger partial charge in [-0.1, -0.05) is 20.8 Å². The summed E-state index contributed by atoms with van der Waals surface area (Å²) in [4.78, 5) is 4.18. The summed E-state index contributed by atoms with van der Waals surface area (Å²) in [6.45, 7) is 10.6. The van der Waals surface area contributed by atoms with E-state index in [-0.39, 0.29) is 0 Å². The molecule has 16 heavy (non-hydrogen) atoms. The van der Waals surface area contributed by atoms with Gasteiger partial charge in [-0.25, -0.2) is 0 Å². The average molecular weight is 218 g/mol. The van der Waals surface area contributed by atoms with Crippen molar-refractivity contribution in [3.8, 4) is 0 Å². The minimum absolute atomic E-state index is 0.514. The van der Waals surface area contributed by atoms with Crippen molar-refractivity contribution in [3.63, 3.8) is 0 Å². The SMILES string of the molecule is CC.CCc1cn(C(C)C)c2ccncc12. The van der Waals surface area contributed by atoms with Crippen LogP contribution in [-0.2, 0) is 6.42 Å². The third kappa shape index (κ3) is 2.26. The van der Waals surface area contributed by atoms with Gasteiger partial charge in [0.15, 0.2) is 0 Å². The molecule has 0 N–H and O–H groups in total. The van der Waals surface area contributed by atoms with Crippen molar-refractivity contribution < 1.29 is 0 Å². The average Bonchev–Trinajstić information content (AvgIpc) is 2.70. The van der Waals surface area contributed by atoms with Gasteiger partial charge in [-0.15, -0.1) is 0 Å². The summed E-state index contributed by atoms with van der Waals surface area (Å²) < 4.78 is 2.32. The molecule has 0 unspecified atom stereocenters. The number of aryl methyl sites for hydroxylation is 1. The van der Waals surface area contributed by atoms with Gasteiger partial charge in [-0.3, -0.25) is 4.98 Å². The highest BCUT2D eigenvalue weighted by atomic mass is 15.0. The lowest BCUT2D eigenvalue weighted by molar-refractivity contribution is 0.621. The zero-order chi connectivity index (χ0) is 12.1. The molecule has 88 valence electrons. The van der Waals surface area contributed by atoms with Crippen LogP contribution in [0.5, 0.6) is 0 Å². The molecule has 0 aliphatic carbocycles. The van der Waals surface area contributed by atoms with Gasteiger partial charge >= 0.3 is 0 Å². The highest BCUT2D eigenvalue weighted by Gasteiger charge is 2.08. The van der Waals surface area contributed by atoms with Gasteiger partial charge in [-0.05, 0) is 31.9 Å². The molecule has 0 radical (unpaired) electrons. The van der Waals surface area contributed by atoms with Crippen LogP contribution in [0.2, 0.25) is 0 Å². The highest BCUT2D eigenvalue weighted by molar-refractivity contribution is 5.83. The van der Waals surface area contributed by atoms with Gasteiger partial charge in [0.25, 0.3) is 0 Å². The van der Waals surface area contributed by atoms with E-state index < -0.39 is 0 Å². The number of hydrogen-bond acceptors (Lipinski definition) is 1. The molecule has 0 aliphatic rings. The first-order valence-electron chi connectivity index (χ1n) is 6.17. The smallest absolute Gasteiger partial charge is 0.0516 e. The second kappa shape index (κ2) is 5.69. The molecular weight excluding hydrogens is 196 g/mol. The van der Waals surface area contributed by atoms with Crippen LogP contribution in [0.4, 0.5) is 0 Å². The molecule has 2 heteroatoms. The van der Waals surface area contributed by atoms with Crippen LogP contribution in [0, 0.1) is 0 Å². The fourth-order valence-electron chi connectivity index (χ4n) is 1.88. The van der Waals surface area contributed by atoms with E-state index in [0.717, 1.165) is 6.42 Å². The maximum Gasteiger partial charge on any atom is 0.0516 e. The van der Waals surface area contributed by atoms with Gasteiger partial charge in [0.05, 0.1) is 5.52 Å². The first-order valence-corrected chi connectivity index (χ1v) is 6.17. The molecule has 0 atom stereocenters. The molecule has 0 aliphatic heterocycles. The van der Waals surface area contributed by atoms with E-state index in [1.54, 1.807) is 0 Å². The summed E-state index contributed by atoms with van der Waals surface area (Å²) in [6, 6.07) is 2.61. The predicted molar refractivity (Wildman–Crippen MR) is 70.8 cm³/mol. The molecule has 2 rings (SSSR count). The Morgan fingerprint density at radius 3 is 2.56 bits per heavy atom. The van der Waals surface area contributed by atoms with Crippen molar-refractivity contribution >= 4 is 10.9 Å². The predicted octanol–water partition coefficient (Wildman–Crippen LogP) is 4.21. The lowest BCUT2D eigenvalue weighted by Gasteiger charge is -2.08. The van der Waals surface area contributed by atoms with Gasteiger partial charge in [0.1, 0.15) is 0 Å². The van der Waals surface area contributed by atoms with E-state index in [4.69, 9.17) is 0 Å². The first kappa shape index (κ1) is 12.8. The van der Waals surface area contributed by atoms with Crippen molar-refractivity contribution in [2.45, 2.75) is 47.1 Å². The second-order valence-corrected chi connectivity index (χ2v) is 3.90. The maximum atomic E-state index is 4.18. The van der Waals surface area contributed by atoms with Crippen molar-refractivity contribution in [1.82, 2.24) is 9.55 Å². The van der Waals surface area contributed by atoms with Gasteiger partial charge in [0, 0.05) is 30.0 Å². The van der Waals surface area contributed by atoms with E-state index in [2.05, 4.69) is 42.6 Å². The number of nitrogens with zero attached hydrogens (tertiary/aromatic N) is 2. The van der Waals surface area contributed by atoms with Crippen LogP contribution < -0.4 is 0 Å². The second-order valence-electron chi connectivity index (χ2n) is 3.90. The van der Waals surface area contributed by atoms with Crippen LogP contribution in [0.25, 0.3) is 10.9 Å². The Kier molecular flexibility index (Phi) is 4.53. The van der Waals surface area contributed by atoms with Crippen LogP contribution in [-0.4, -0.2) is 9.55 Å². The zero-order valence-electron chi connectivity index (χ0n) is 11.0. The molecule has 0 aromatic carbocycles. The quantitative estimate of drug-likeness (QED) is 0.738. The normalized spacial score (nSPS) is 10.4. The van der Waals surface area contributed by atoms with E-state index >= 15 is 0 Å². The molecular formula is C14H22N2. The van der Waals surface area contributed by atoms with Gasteiger partial charge < -0.3 is 4.57 Å². The Morgan fingerprint density at radius 1 is 1.31 bits per heavy atom. The fraction of sp³-hybridized carbons (Fsp3) is 0.500. The molecule has 2 heterocycles. The summed E-state index contributed by atoms with van der Waals surface area (Å²) in [6.07, 6.45) is 7.15. The van der Waals surface area contributed by atoms with E-state index in [1.807, 2.05) is 26.2 Å². The van der Waals surface area contributed by atoms with Crippen LogP contribution in [0.3, 0.4) is 0 Å². The first-order chi connectivity index (χ1) is 7.74. The summed E-state index contributed by atoms with van der Waals surface area (Å²) in [5.41, 5.74) is 2.69. The number of fused-ring (bicyclic) bond motifs is 1. The fourth-order valence-corrected chi connectivity index (χ4v) is 1.88. The van der Waals surface area contributed by atoms with Crippen molar-refractivity contribution in [2.75, 3.05) is 0 Å². The Bertz CT molecular complexity index is 441. The van der Waals surface area contributed by atoms with Crippen LogP contribution >= 0.6 is 0 Å². The number of rotatable bonds is 2.